The van der Waals surface area contributed by atoms with Crippen LogP contribution in [0, 0.1) is 5.92 Å². The van der Waals surface area contributed by atoms with Gasteiger partial charge in [0.05, 0.1) is 0 Å². The van der Waals surface area contributed by atoms with E-state index in [1.165, 1.54) is 6.07 Å². The van der Waals surface area contributed by atoms with Crippen molar-refractivity contribution < 1.29 is 18.7 Å². The number of hydrazine groups is 1. The summed E-state index contributed by atoms with van der Waals surface area (Å²) in [5.41, 5.74) is 4.62. The third-order valence-electron chi connectivity index (χ3n) is 4.01. The van der Waals surface area contributed by atoms with E-state index in [1.54, 1.807) is 6.07 Å². The van der Waals surface area contributed by atoms with Crippen LogP contribution in [0.5, 0.6) is 5.75 Å². The van der Waals surface area contributed by atoms with Crippen LogP contribution in [0.2, 0.25) is 0 Å². The van der Waals surface area contributed by atoms with Crippen molar-refractivity contribution in [1.29, 1.82) is 0 Å². The molecule has 0 saturated heterocycles. The lowest BCUT2D eigenvalue weighted by molar-refractivity contribution is 0.0904. The average Bonchev–Trinajstić information content (AvgIpc) is 3.15. The fourth-order valence-corrected chi connectivity index (χ4v) is 2.28. The Labute approximate surface area is 153 Å². The minimum Gasteiger partial charge on any atom is -0.486 e. The Morgan fingerprint density at radius 1 is 1.04 bits per heavy atom. The van der Waals surface area contributed by atoms with Gasteiger partial charge >= 0.3 is 11.9 Å². The number of urea groups is 1. The van der Waals surface area contributed by atoms with Gasteiger partial charge in [-0.3, -0.25) is 10.2 Å². The zero-order valence-electron chi connectivity index (χ0n) is 15.1. The average molecular weight is 359 g/mol. The van der Waals surface area contributed by atoms with Gasteiger partial charge in [-0.05, 0) is 30.2 Å². The molecule has 0 aliphatic rings. The van der Waals surface area contributed by atoms with Crippen LogP contribution >= 0.6 is 0 Å². The maximum Gasteiger partial charge on any atom is 0.333 e. The van der Waals surface area contributed by atoms with Crippen LogP contribution in [0.15, 0.2) is 46.9 Å². The number of rotatable bonds is 8. The van der Waals surface area contributed by atoms with Gasteiger partial charge in [-0.15, -0.1) is 0 Å². The topological polar surface area (TPSA) is 92.6 Å². The molecule has 2 aromatic rings. The highest BCUT2D eigenvalue weighted by molar-refractivity contribution is 5.92. The number of furan rings is 1. The van der Waals surface area contributed by atoms with Crippen molar-refractivity contribution >= 4 is 11.9 Å². The summed E-state index contributed by atoms with van der Waals surface area (Å²) in [6.07, 6.45) is 1.98. The first kappa shape index (κ1) is 19.4. The summed E-state index contributed by atoms with van der Waals surface area (Å²) in [5.74, 6) is 1.21. The van der Waals surface area contributed by atoms with Crippen molar-refractivity contribution in [2.45, 2.75) is 33.3 Å². The number of carbonyl (C=O) groups is 2. The minimum atomic E-state index is -0.534. The first-order chi connectivity index (χ1) is 12.6. The maximum absolute atomic E-state index is 12.0. The number of hydrogen-bond donors (Lipinski definition) is 3. The molecule has 26 heavy (non-hydrogen) atoms. The molecule has 7 nitrogen and oxygen atoms in total. The summed E-state index contributed by atoms with van der Waals surface area (Å²) >= 11 is 0. The van der Waals surface area contributed by atoms with Crippen molar-refractivity contribution in [3.8, 4) is 5.75 Å². The van der Waals surface area contributed by atoms with Gasteiger partial charge in [0.15, 0.2) is 5.76 Å². The molecule has 140 valence electrons. The number of para-hydroxylation sites is 1. The maximum atomic E-state index is 12.0. The molecular formula is C19H25N3O4. The fraction of sp³-hybridized carbons (Fsp3) is 0.368. The SMILES string of the molecule is CCC(CC)CNC(=O)NNC(=O)c1ccc(COc2ccccc2)o1. The molecule has 0 aliphatic heterocycles. The standard InChI is InChI=1S/C19H25N3O4/c1-3-14(4-2)12-20-19(24)22-21-18(23)17-11-10-16(26-17)13-25-15-8-6-5-7-9-15/h5-11,14H,3-4,12-13H2,1-2H3,(H,21,23)(H2,20,22,24). The Hall–Kier alpha value is -2.96. The third kappa shape index (κ3) is 6.16. The summed E-state index contributed by atoms with van der Waals surface area (Å²) < 4.78 is 11.0. The number of benzene rings is 1. The first-order valence-electron chi connectivity index (χ1n) is 8.73. The predicted molar refractivity (Wildman–Crippen MR) is 97.6 cm³/mol. The Morgan fingerprint density at radius 3 is 2.46 bits per heavy atom. The Balaban J connectivity index is 1.74. The lowest BCUT2D eigenvalue weighted by Crippen LogP contribution is -2.47. The second-order valence-electron chi connectivity index (χ2n) is 5.84. The lowest BCUT2D eigenvalue weighted by Gasteiger charge is -2.13. The van der Waals surface area contributed by atoms with E-state index in [0.29, 0.717) is 24.0 Å². The molecule has 3 amide bonds. The van der Waals surface area contributed by atoms with Gasteiger partial charge in [-0.1, -0.05) is 44.9 Å². The van der Waals surface area contributed by atoms with E-state index >= 15 is 0 Å². The van der Waals surface area contributed by atoms with Crippen LogP contribution < -0.4 is 20.9 Å². The van der Waals surface area contributed by atoms with Gasteiger partial charge in [0, 0.05) is 6.54 Å². The molecule has 1 aromatic carbocycles. The van der Waals surface area contributed by atoms with Crippen molar-refractivity contribution in [2.24, 2.45) is 5.92 Å². The molecule has 1 aromatic heterocycles. The van der Waals surface area contributed by atoms with Gasteiger partial charge in [0.2, 0.25) is 0 Å². The molecule has 0 atom stereocenters. The fourth-order valence-electron chi connectivity index (χ4n) is 2.28. The van der Waals surface area contributed by atoms with Crippen LogP contribution in [0.25, 0.3) is 0 Å². The van der Waals surface area contributed by atoms with Crippen LogP contribution in [0.1, 0.15) is 43.0 Å². The molecule has 0 saturated carbocycles. The van der Waals surface area contributed by atoms with Gasteiger partial charge in [-0.25, -0.2) is 10.2 Å². The second kappa shape index (κ2) is 10.1. The number of ether oxygens (including phenoxy) is 1. The minimum absolute atomic E-state index is 0.0944. The van der Waals surface area contributed by atoms with E-state index in [2.05, 4.69) is 30.0 Å². The summed E-state index contributed by atoms with van der Waals surface area (Å²) in [5, 5.41) is 2.72. The number of hydrogen-bond acceptors (Lipinski definition) is 4. The Kier molecular flexibility index (Phi) is 7.54. The summed E-state index contributed by atoms with van der Waals surface area (Å²) in [6, 6.07) is 12.0. The van der Waals surface area contributed by atoms with Crippen LogP contribution in [0.3, 0.4) is 0 Å². The zero-order valence-corrected chi connectivity index (χ0v) is 15.1. The van der Waals surface area contributed by atoms with E-state index in [9.17, 15) is 9.59 Å². The largest absolute Gasteiger partial charge is 0.486 e. The van der Waals surface area contributed by atoms with Crippen LogP contribution in [0.4, 0.5) is 4.79 Å². The molecule has 0 bridgehead atoms. The van der Waals surface area contributed by atoms with Gasteiger partial charge in [0.1, 0.15) is 18.1 Å². The molecule has 0 unspecified atom stereocenters. The van der Waals surface area contributed by atoms with Gasteiger partial charge < -0.3 is 14.5 Å². The highest BCUT2D eigenvalue weighted by atomic mass is 16.5. The van der Waals surface area contributed by atoms with Gasteiger partial charge in [0.25, 0.3) is 0 Å². The third-order valence-corrected chi connectivity index (χ3v) is 4.01. The number of nitrogens with one attached hydrogen (secondary N) is 3. The number of carbonyl (C=O) groups excluding carboxylic acids is 2. The highest BCUT2D eigenvalue weighted by Crippen LogP contribution is 2.13. The smallest absolute Gasteiger partial charge is 0.333 e. The Morgan fingerprint density at radius 2 is 1.77 bits per heavy atom. The quantitative estimate of drug-likeness (QED) is 0.631. The molecule has 0 fully saturated rings. The predicted octanol–water partition coefficient (Wildman–Crippen LogP) is 3.24. The summed E-state index contributed by atoms with van der Waals surface area (Å²) in [7, 11) is 0. The molecule has 7 heteroatoms. The number of amides is 3. The molecule has 2 rings (SSSR count). The molecule has 1 heterocycles. The highest BCUT2D eigenvalue weighted by Gasteiger charge is 2.13. The van der Waals surface area contributed by atoms with Crippen molar-refractivity contribution in [2.75, 3.05) is 6.54 Å². The molecular weight excluding hydrogens is 334 g/mol. The van der Waals surface area contributed by atoms with E-state index < -0.39 is 11.9 Å². The van der Waals surface area contributed by atoms with E-state index in [-0.39, 0.29) is 12.4 Å². The van der Waals surface area contributed by atoms with E-state index in [1.807, 2.05) is 30.3 Å². The first-order valence-corrected chi connectivity index (χ1v) is 8.73. The normalized spacial score (nSPS) is 10.4. The van der Waals surface area contributed by atoms with Crippen molar-refractivity contribution in [3.05, 3.63) is 54.0 Å². The van der Waals surface area contributed by atoms with Gasteiger partial charge in [-0.2, -0.15) is 0 Å². The molecule has 0 spiro atoms. The summed E-state index contributed by atoms with van der Waals surface area (Å²) in [6.45, 7) is 4.92. The monoisotopic (exact) mass is 359 g/mol. The molecule has 0 aliphatic carbocycles. The van der Waals surface area contributed by atoms with Crippen molar-refractivity contribution in [3.63, 3.8) is 0 Å². The van der Waals surface area contributed by atoms with E-state index in [0.717, 1.165) is 12.8 Å². The lowest BCUT2D eigenvalue weighted by atomic mass is 10.0. The zero-order chi connectivity index (χ0) is 18.8. The van der Waals surface area contributed by atoms with Crippen molar-refractivity contribution in [1.82, 2.24) is 16.2 Å². The van der Waals surface area contributed by atoms with Crippen LogP contribution in [-0.2, 0) is 6.61 Å². The second-order valence-corrected chi connectivity index (χ2v) is 5.84. The Bertz CT molecular complexity index is 696. The van der Waals surface area contributed by atoms with Crippen LogP contribution in [-0.4, -0.2) is 18.5 Å². The summed E-state index contributed by atoms with van der Waals surface area (Å²) in [4.78, 5) is 23.7. The molecule has 3 N–H and O–H groups in total. The molecule has 0 radical (unpaired) electrons. The van der Waals surface area contributed by atoms with E-state index in [4.69, 9.17) is 9.15 Å².